The average molecular weight is 375 g/mol. The number of hydrogen-bond acceptors (Lipinski definition) is 1. The van der Waals surface area contributed by atoms with Crippen LogP contribution in [-0.2, 0) is 6.42 Å². The molecule has 0 saturated heterocycles. The van der Waals surface area contributed by atoms with E-state index >= 15 is 0 Å². The molecule has 17 heavy (non-hydrogen) atoms. The van der Waals surface area contributed by atoms with Crippen LogP contribution in [-0.4, -0.2) is 10.3 Å². The van der Waals surface area contributed by atoms with Gasteiger partial charge in [-0.25, -0.2) is 0 Å². The Hall–Kier alpha value is -0.380. The van der Waals surface area contributed by atoms with E-state index in [-0.39, 0.29) is 0 Å². The summed E-state index contributed by atoms with van der Waals surface area (Å²) in [6.45, 7) is 0. The van der Waals surface area contributed by atoms with Gasteiger partial charge in [0.2, 0.25) is 0 Å². The summed E-state index contributed by atoms with van der Waals surface area (Å²) in [5.41, 5.74) is 2.99. The van der Waals surface area contributed by atoms with Gasteiger partial charge in [0.1, 0.15) is 0 Å². The van der Waals surface area contributed by atoms with Gasteiger partial charge in [0.05, 0.1) is 10.7 Å². The Morgan fingerprint density at radius 1 is 1.24 bits per heavy atom. The van der Waals surface area contributed by atoms with Gasteiger partial charge in [-0.05, 0) is 30.2 Å². The topological polar surface area (TPSA) is 12.9 Å². The lowest BCUT2D eigenvalue weighted by atomic mass is 10.1. The van der Waals surface area contributed by atoms with Crippen LogP contribution in [0.5, 0.6) is 0 Å². The van der Waals surface area contributed by atoms with Crippen molar-refractivity contribution in [2.75, 3.05) is 5.33 Å². The predicted octanol–water partition coefficient (Wildman–Crippen LogP) is 5.10. The van der Waals surface area contributed by atoms with E-state index in [9.17, 15) is 0 Å². The zero-order valence-electron chi connectivity index (χ0n) is 8.96. The molecule has 0 aliphatic carbocycles. The van der Waals surface area contributed by atoms with E-state index in [1.807, 2.05) is 36.5 Å². The van der Waals surface area contributed by atoms with E-state index in [1.54, 1.807) is 0 Å². The predicted molar refractivity (Wildman–Crippen MR) is 79.9 cm³/mol. The first kappa shape index (κ1) is 13.1. The second kappa shape index (κ2) is 5.98. The molecule has 2 aromatic rings. The van der Waals surface area contributed by atoms with Crippen LogP contribution in [0, 0.1) is 0 Å². The Morgan fingerprint density at radius 2 is 2.06 bits per heavy atom. The van der Waals surface area contributed by atoms with Gasteiger partial charge in [-0.2, -0.15) is 0 Å². The van der Waals surface area contributed by atoms with Crippen LogP contribution >= 0.6 is 43.5 Å². The molecule has 0 saturated carbocycles. The summed E-state index contributed by atoms with van der Waals surface area (Å²) in [4.78, 5) is 4.43. The number of halogens is 3. The second-order valence-electron chi connectivity index (χ2n) is 3.62. The van der Waals surface area contributed by atoms with Crippen LogP contribution in [0.25, 0.3) is 11.3 Å². The third-order valence-corrected chi connectivity index (χ3v) is 3.56. The zero-order chi connectivity index (χ0) is 12.3. The Balaban J connectivity index is 2.39. The summed E-state index contributed by atoms with van der Waals surface area (Å²) >= 11 is 13.1. The van der Waals surface area contributed by atoms with Crippen LogP contribution in [0.15, 0.2) is 41.0 Å². The van der Waals surface area contributed by atoms with E-state index in [4.69, 9.17) is 11.6 Å². The van der Waals surface area contributed by atoms with Crippen LogP contribution in [0.4, 0.5) is 0 Å². The van der Waals surface area contributed by atoms with Crippen molar-refractivity contribution in [3.8, 4) is 11.3 Å². The van der Waals surface area contributed by atoms with Crippen molar-refractivity contribution in [1.82, 2.24) is 4.98 Å². The second-order valence-corrected chi connectivity index (χ2v) is 5.74. The molecule has 0 fully saturated rings. The summed E-state index contributed by atoms with van der Waals surface area (Å²) < 4.78 is 1.03. The summed E-state index contributed by atoms with van der Waals surface area (Å²) in [6.07, 6.45) is 2.81. The lowest BCUT2D eigenvalue weighted by Crippen LogP contribution is -1.91. The van der Waals surface area contributed by atoms with Gasteiger partial charge in [-0.1, -0.05) is 55.6 Å². The highest BCUT2D eigenvalue weighted by Crippen LogP contribution is 2.28. The molecular formula is C13H10Br2ClN. The highest BCUT2D eigenvalue weighted by molar-refractivity contribution is 9.10. The summed E-state index contributed by atoms with van der Waals surface area (Å²) in [5.74, 6) is 0. The normalized spacial score (nSPS) is 10.5. The fourth-order valence-electron chi connectivity index (χ4n) is 1.57. The molecular weight excluding hydrogens is 365 g/mol. The quantitative estimate of drug-likeness (QED) is 0.680. The van der Waals surface area contributed by atoms with Crippen molar-refractivity contribution >= 4 is 43.5 Å². The number of pyridine rings is 1. The standard InChI is InChI=1S/C13H10Br2ClN/c14-5-4-9-6-12(16)13(17-8-9)10-2-1-3-11(15)7-10/h1-3,6-8H,4-5H2. The van der Waals surface area contributed by atoms with E-state index in [0.717, 1.165) is 33.0 Å². The molecule has 0 atom stereocenters. The number of hydrogen-bond donors (Lipinski definition) is 0. The van der Waals surface area contributed by atoms with Gasteiger partial charge in [0.15, 0.2) is 0 Å². The molecule has 1 aromatic heterocycles. The lowest BCUT2D eigenvalue weighted by molar-refractivity contribution is 1.13. The Labute approximate surface area is 122 Å². The lowest BCUT2D eigenvalue weighted by Gasteiger charge is -2.06. The van der Waals surface area contributed by atoms with Crippen LogP contribution in [0.1, 0.15) is 5.56 Å². The highest BCUT2D eigenvalue weighted by atomic mass is 79.9. The molecule has 2 rings (SSSR count). The Bertz CT molecular complexity index is 529. The van der Waals surface area contributed by atoms with Crippen molar-refractivity contribution in [3.05, 3.63) is 51.6 Å². The van der Waals surface area contributed by atoms with Crippen molar-refractivity contribution in [1.29, 1.82) is 0 Å². The minimum absolute atomic E-state index is 0.696. The van der Waals surface area contributed by atoms with Crippen molar-refractivity contribution in [2.24, 2.45) is 0 Å². The molecule has 0 amide bonds. The van der Waals surface area contributed by atoms with Gasteiger partial charge in [0.25, 0.3) is 0 Å². The number of alkyl halides is 1. The Kier molecular flexibility index (Phi) is 4.60. The Morgan fingerprint density at radius 3 is 2.71 bits per heavy atom. The van der Waals surface area contributed by atoms with Crippen LogP contribution in [0.2, 0.25) is 5.02 Å². The molecule has 0 spiro atoms. The first-order valence-corrected chi connectivity index (χ1v) is 7.46. The number of aromatic nitrogens is 1. The first-order chi connectivity index (χ1) is 8.20. The summed E-state index contributed by atoms with van der Waals surface area (Å²) in [5, 5.41) is 1.61. The molecule has 1 heterocycles. The van der Waals surface area contributed by atoms with Crippen LogP contribution in [0.3, 0.4) is 0 Å². The average Bonchev–Trinajstić information content (AvgIpc) is 2.29. The van der Waals surface area contributed by atoms with Gasteiger partial charge in [-0.15, -0.1) is 0 Å². The minimum atomic E-state index is 0.696. The number of aryl methyl sites for hydroxylation is 1. The first-order valence-electron chi connectivity index (χ1n) is 5.17. The molecule has 1 nitrogen and oxygen atoms in total. The smallest absolute Gasteiger partial charge is 0.0888 e. The van der Waals surface area contributed by atoms with Crippen molar-refractivity contribution < 1.29 is 0 Å². The number of rotatable bonds is 3. The van der Waals surface area contributed by atoms with Crippen molar-refractivity contribution in [2.45, 2.75) is 6.42 Å². The molecule has 0 bridgehead atoms. The zero-order valence-corrected chi connectivity index (χ0v) is 12.9. The largest absolute Gasteiger partial charge is 0.254 e. The molecule has 0 N–H and O–H groups in total. The van der Waals surface area contributed by atoms with Crippen LogP contribution < -0.4 is 0 Å². The third kappa shape index (κ3) is 3.30. The fraction of sp³-hybridized carbons (Fsp3) is 0.154. The third-order valence-electron chi connectivity index (χ3n) is 2.38. The molecule has 0 aliphatic rings. The maximum Gasteiger partial charge on any atom is 0.0888 e. The summed E-state index contributed by atoms with van der Waals surface area (Å²) in [6, 6.07) is 9.95. The van der Waals surface area contributed by atoms with E-state index < -0.39 is 0 Å². The molecule has 4 heteroatoms. The SMILES string of the molecule is Clc1cc(CCBr)cnc1-c1cccc(Br)c1. The van der Waals surface area contributed by atoms with E-state index in [2.05, 4.69) is 36.8 Å². The van der Waals surface area contributed by atoms with E-state index in [0.29, 0.717) is 5.02 Å². The van der Waals surface area contributed by atoms with E-state index in [1.165, 1.54) is 0 Å². The van der Waals surface area contributed by atoms with Crippen molar-refractivity contribution in [3.63, 3.8) is 0 Å². The molecule has 0 aliphatic heterocycles. The molecule has 1 aromatic carbocycles. The molecule has 88 valence electrons. The minimum Gasteiger partial charge on any atom is -0.254 e. The highest BCUT2D eigenvalue weighted by Gasteiger charge is 2.06. The number of benzene rings is 1. The number of nitrogens with zero attached hydrogens (tertiary/aromatic N) is 1. The van der Waals surface area contributed by atoms with Gasteiger partial charge < -0.3 is 0 Å². The maximum absolute atomic E-state index is 6.26. The fourth-order valence-corrected chi connectivity index (χ4v) is 2.73. The summed E-state index contributed by atoms with van der Waals surface area (Å²) in [7, 11) is 0. The van der Waals surface area contributed by atoms with Gasteiger partial charge in [-0.3, -0.25) is 4.98 Å². The monoisotopic (exact) mass is 373 g/mol. The maximum atomic E-state index is 6.26. The molecule has 0 unspecified atom stereocenters. The van der Waals surface area contributed by atoms with Gasteiger partial charge in [0, 0.05) is 21.6 Å². The van der Waals surface area contributed by atoms with Gasteiger partial charge >= 0.3 is 0 Å². The molecule has 0 radical (unpaired) electrons.